The predicted octanol–water partition coefficient (Wildman–Crippen LogP) is 0.487. The lowest BCUT2D eigenvalue weighted by atomic mass is 10.1. The average molecular weight is 248 g/mol. The molecular formula is C13H16N2O3. The highest BCUT2D eigenvalue weighted by Gasteiger charge is 2.14. The van der Waals surface area contributed by atoms with E-state index >= 15 is 0 Å². The van der Waals surface area contributed by atoms with Crippen LogP contribution in [0.15, 0.2) is 18.2 Å². The molecule has 0 unspecified atom stereocenters. The van der Waals surface area contributed by atoms with Gasteiger partial charge in [-0.05, 0) is 23.8 Å². The average Bonchev–Trinajstić information content (AvgIpc) is 2.81. The zero-order valence-electron chi connectivity index (χ0n) is 10.3. The Morgan fingerprint density at radius 1 is 1.28 bits per heavy atom. The van der Waals surface area contributed by atoms with Crippen molar-refractivity contribution in [1.82, 2.24) is 10.6 Å². The van der Waals surface area contributed by atoms with Gasteiger partial charge in [-0.2, -0.15) is 0 Å². The molecule has 5 nitrogen and oxygen atoms in total. The van der Waals surface area contributed by atoms with E-state index in [1.807, 2.05) is 12.1 Å². The van der Waals surface area contributed by atoms with Crippen LogP contribution in [0.4, 0.5) is 0 Å². The molecule has 2 amide bonds. The molecule has 1 aromatic carbocycles. The second kappa shape index (κ2) is 5.53. The summed E-state index contributed by atoms with van der Waals surface area (Å²) in [6.07, 6.45) is 0.850. The summed E-state index contributed by atoms with van der Waals surface area (Å²) in [7, 11) is 0. The Labute approximate surface area is 106 Å². The molecular weight excluding hydrogens is 232 g/mol. The molecule has 96 valence electrons. The smallest absolute Gasteiger partial charge is 0.251 e. The number of benzene rings is 1. The number of amides is 2. The first-order valence-corrected chi connectivity index (χ1v) is 5.95. The number of fused-ring (bicyclic) bond motifs is 1. The third kappa shape index (κ3) is 3.00. The lowest BCUT2D eigenvalue weighted by Crippen LogP contribution is -2.33. The molecule has 0 aliphatic carbocycles. The molecule has 18 heavy (non-hydrogen) atoms. The predicted molar refractivity (Wildman–Crippen MR) is 66.7 cm³/mol. The number of hydrogen-bond donors (Lipinski definition) is 2. The summed E-state index contributed by atoms with van der Waals surface area (Å²) in [5.41, 5.74) is 1.70. The number of nitrogens with one attached hydrogen (secondary N) is 2. The van der Waals surface area contributed by atoms with Gasteiger partial charge in [0.25, 0.3) is 5.91 Å². The van der Waals surface area contributed by atoms with Gasteiger partial charge in [-0.15, -0.1) is 0 Å². The second-order valence-electron chi connectivity index (χ2n) is 4.16. The van der Waals surface area contributed by atoms with Gasteiger partial charge in [0.1, 0.15) is 5.75 Å². The topological polar surface area (TPSA) is 67.4 Å². The van der Waals surface area contributed by atoms with Gasteiger partial charge in [0.05, 0.1) is 6.61 Å². The van der Waals surface area contributed by atoms with Gasteiger partial charge in [0.2, 0.25) is 5.91 Å². The second-order valence-corrected chi connectivity index (χ2v) is 4.16. The molecule has 1 aliphatic rings. The van der Waals surface area contributed by atoms with E-state index in [4.69, 9.17) is 4.74 Å². The van der Waals surface area contributed by atoms with E-state index in [1.54, 1.807) is 6.07 Å². The monoisotopic (exact) mass is 248 g/mol. The van der Waals surface area contributed by atoms with E-state index in [-0.39, 0.29) is 11.8 Å². The van der Waals surface area contributed by atoms with Crippen LogP contribution >= 0.6 is 0 Å². The maximum Gasteiger partial charge on any atom is 0.251 e. The fraction of sp³-hybridized carbons (Fsp3) is 0.385. The summed E-state index contributed by atoms with van der Waals surface area (Å²) in [5, 5.41) is 5.37. The van der Waals surface area contributed by atoms with Gasteiger partial charge in [-0.25, -0.2) is 0 Å². The van der Waals surface area contributed by atoms with E-state index in [2.05, 4.69) is 10.6 Å². The van der Waals surface area contributed by atoms with Crippen molar-refractivity contribution >= 4 is 11.8 Å². The molecule has 0 aromatic heterocycles. The Kier molecular flexibility index (Phi) is 3.82. The van der Waals surface area contributed by atoms with Crippen LogP contribution in [-0.2, 0) is 11.2 Å². The standard InChI is InChI=1S/C13H16N2O3/c1-9(16)14-5-6-15-13(17)11-2-3-12-10(8-11)4-7-18-12/h2-3,8H,4-7H2,1H3,(H,14,16)(H,15,17). The number of carbonyl (C=O) groups is 2. The number of ether oxygens (including phenoxy) is 1. The highest BCUT2D eigenvalue weighted by molar-refractivity contribution is 5.94. The van der Waals surface area contributed by atoms with Crippen LogP contribution in [0.2, 0.25) is 0 Å². The summed E-state index contributed by atoms with van der Waals surface area (Å²) in [6, 6.07) is 5.43. The lowest BCUT2D eigenvalue weighted by molar-refractivity contribution is -0.118. The van der Waals surface area contributed by atoms with E-state index < -0.39 is 0 Å². The Morgan fingerprint density at radius 2 is 2.06 bits per heavy atom. The SMILES string of the molecule is CC(=O)NCCNC(=O)c1ccc2c(c1)CCO2. The number of carbonyl (C=O) groups excluding carboxylic acids is 2. The molecule has 2 N–H and O–H groups in total. The van der Waals surface area contributed by atoms with Gasteiger partial charge in [-0.3, -0.25) is 9.59 Å². The first kappa shape index (κ1) is 12.4. The first-order valence-electron chi connectivity index (χ1n) is 5.95. The van der Waals surface area contributed by atoms with Crippen molar-refractivity contribution < 1.29 is 14.3 Å². The Bertz CT molecular complexity index is 471. The molecule has 0 fully saturated rings. The normalized spacial score (nSPS) is 12.5. The zero-order valence-corrected chi connectivity index (χ0v) is 10.3. The molecule has 0 bridgehead atoms. The fourth-order valence-electron chi connectivity index (χ4n) is 1.84. The molecule has 1 heterocycles. The number of rotatable bonds is 4. The van der Waals surface area contributed by atoms with Crippen LogP contribution in [-0.4, -0.2) is 31.5 Å². The largest absolute Gasteiger partial charge is 0.493 e. The van der Waals surface area contributed by atoms with Crippen molar-refractivity contribution in [2.24, 2.45) is 0 Å². The maximum atomic E-state index is 11.8. The Hall–Kier alpha value is -2.04. The van der Waals surface area contributed by atoms with Crippen LogP contribution in [0.1, 0.15) is 22.8 Å². The van der Waals surface area contributed by atoms with E-state index in [9.17, 15) is 9.59 Å². The molecule has 0 saturated heterocycles. The summed E-state index contributed by atoms with van der Waals surface area (Å²) in [4.78, 5) is 22.5. The Morgan fingerprint density at radius 3 is 2.83 bits per heavy atom. The minimum Gasteiger partial charge on any atom is -0.493 e. The highest BCUT2D eigenvalue weighted by atomic mass is 16.5. The van der Waals surface area contributed by atoms with Crippen molar-refractivity contribution in [1.29, 1.82) is 0 Å². The molecule has 1 aliphatic heterocycles. The summed E-state index contributed by atoms with van der Waals surface area (Å²) in [5.74, 6) is 0.638. The molecule has 0 atom stereocenters. The summed E-state index contributed by atoms with van der Waals surface area (Å²) < 4.78 is 5.38. The minimum atomic E-state index is -0.130. The highest BCUT2D eigenvalue weighted by Crippen LogP contribution is 2.25. The van der Waals surface area contributed by atoms with Gasteiger partial charge in [0, 0.05) is 32.0 Å². The zero-order chi connectivity index (χ0) is 13.0. The molecule has 1 aromatic rings. The van der Waals surface area contributed by atoms with Crippen LogP contribution < -0.4 is 15.4 Å². The summed E-state index contributed by atoms with van der Waals surface area (Å²) in [6.45, 7) is 2.99. The van der Waals surface area contributed by atoms with Gasteiger partial charge in [-0.1, -0.05) is 0 Å². The van der Waals surface area contributed by atoms with Crippen molar-refractivity contribution in [2.45, 2.75) is 13.3 Å². The third-order valence-corrected chi connectivity index (χ3v) is 2.74. The van der Waals surface area contributed by atoms with Crippen molar-refractivity contribution in [2.75, 3.05) is 19.7 Å². The van der Waals surface area contributed by atoms with Crippen LogP contribution in [0, 0.1) is 0 Å². The quantitative estimate of drug-likeness (QED) is 0.762. The molecule has 0 radical (unpaired) electrons. The third-order valence-electron chi connectivity index (χ3n) is 2.74. The van der Waals surface area contributed by atoms with Crippen LogP contribution in [0.5, 0.6) is 5.75 Å². The van der Waals surface area contributed by atoms with Crippen LogP contribution in [0.3, 0.4) is 0 Å². The molecule has 5 heteroatoms. The molecule has 0 spiro atoms. The summed E-state index contributed by atoms with van der Waals surface area (Å²) >= 11 is 0. The van der Waals surface area contributed by atoms with E-state index in [0.29, 0.717) is 25.3 Å². The van der Waals surface area contributed by atoms with Crippen LogP contribution in [0.25, 0.3) is 0 Å². The van der Waals surface area contributed by atoms with Crippen molar-refractivity contribution in [3.05, 3.63) is 29.3 Å². The van der Waals surface area contributed by atoms with E-state index in [0.717, 1.165) is 17.7 Å². The van der Waals surface area contributed by atoms with Crippen molar-refractivity contribution in [3.8, 4) is 5.75 Å². The van der Waals surface area contributed by atoms with E-state index in [1.165, 1.54) is 6.92 Å². The molecule has 0 saturated carbocycles. The molecule has 2 rings (SSSR count). The van der Waals surface area contributed by atoms with Gasteiger partial charge < -0.3 is 15.4 Å². The maximum absolute atomic E-state index is 11.8. The van der Waals surface area contributed by atoms with Crippen molar-refractivity contribution in [3.63, 3.8) is 0 Å². The number of hydrogen-bond acceptors (Lipinski definition) is 3. The lowest BCUT2D eigenvalue weighted by Gasteiger charge is -2.06. The van der Waals surface area contributed by atoms with Gasteiger partial charge >= 0.3 is 0 Å². The first-order chi connectivity index (χ1) is 8.66. The van der Waals surface area contributed by atoms with Gasteiger partial charge in [0.15, 0.2) is 0 Å². The minimum absolute atomic E-state index is 0.0982. The Balaban J connectivity index is 1.87. The fourth-order valence-corrected chi connectivity index (χ4v) is 1.84.